The first-order valence-corrected chi connectivity index (χ1v) is 8.37. The summed E-state index contributed by atoms with van der Waals surface area (Å²) < 4.78 is 18.9. The van der Waals surface area contributed by atoms with Crippen LogP contribution >= 0.6 is 15.9 Å². The maximum Gasteiger partial charge on any atom is 0.123 e. The van der Waals surface area contributed by atoms with E-state index in [1.807, 2.05) is 43.3 Å². The molecular weight excluding hydrogens is 338 g/mol. The number of rotatable bonds is 5. The van der Waals surface area contributed by atoms with Gasteiger partial charge in [0.25, 0.3) is 0 Å². The van der Waals surface area contributed by atoms with E-state index in [2.05, 4.69) is 15.9 Å². The lowest BCUT2D eigenvalue weighted by atomic mass is 10.2. The van der Waals surface area contributed by atoms with Gasteiger partial charge in [-0.05, 0) is 53.2 Å². The highest BCUT2D eigenvalue weighted by molar-refractivity contribution is 9.10. The fourth-order valence-corrected chi connectivity index (χ4v) is 3.86. The zero-order chi connectivity index (χ0) is 14.5. The van der Waals surface area contributed by atoms with Gasteiger partial charge in [-0.2, -0.15) is 0 Å². The molecule has 2 aromatic rings. The minimum atomic E-state index is -1.15. The summed E-state index contributed by atoms with van der Waals surface area (Å²) in [6.07, 6.45) is 0. The van der Waals surface area contributed by atoms with Crippen LogP contribution in [0.2, 0.25) is 0 Å². The largest absolute Gasteiger partial charge is 0.494 e. The molecule has 2 aromatic carbocycles. The predicted molar refractivity (Wildman–Crippen MR) is 86.3 cm³/mol. The average molecular weight is 354 g/mol. The lowest BCUT2D eigenvalue weighted by molar-refractivity contribution is 0.337. The molecule has 1 atom stereocenters. The van der Waals surface area contributed by atoms with Crippen molar-refractivity contribution in [2.24, 2.45) is 0 Å². The molecule has 2 rings (SSSR count). The van der Waals surface area contributed by atoms with Crippen molar-refractivity contribution in [1.82, 2.24) is 0 Å². The molecular formula is C15H16BrNO2S. The Morgan fingerprint density at radius 1 is 1.25 bits per heavy atom. The molecule has 0 bridgehead atoms. The molecule has 0 saturated heterocycles. The summed E-state index contributed by atoms with van der Waals surface area (Å²) in [5.41, 5.74) is 7.31. The second-order valence-corrected chi connectivity index (χ2v) is 6.49. The number of halogens is 1. The molecule has 3 nitrogen and oxygen atoms in total. The number of anilines is 1. The molecule has 1 unspecified atom stereocenters. The zero-order valence-electron chi connectivity index (χ0n) is 11.1. The maximum atomic E-state index is 12.5. The van der Waals surface area contributed by atoms with Crippen molar-refractivity contribution in [3.05, 3.63) is 52.5 Å². The third kappa shape index (κ3) is 3.61. The molecule has 0 aliphatic heterocycles. The summed E-state index contributed by atoms with van der Waals surface area (Å²) in [5.74, 6) is 1.12. The van der Waals surface area contributed by atoms with Gasteiger partial charge in [-0.15, -0.1) is 0 Å². The highest BCUT2D eigenvalue weighted by Gasteiger charge is 2.12. The number of hydrogen-bond donors (Lipinski definition) is 1. The first kappa shape index (κ1) is 15.1. The Morgan fingerprint density at radius 2 is 2.00 bits per heavy atom. The summed E-state index contributed by atoms with van der Waals surface area (Å²) in [6, 6.07) is 12.9. The topological polar surface area (TPSA) is 52.3 Å². The molecule has 0 aliphatic carbocycles. The number of ether oxygens (including phenoxy) is 1. The molecule has 0 amide bonds. The second-order valence-electron chi connectivity index (χ2n) is 4.22. The standard InChI is InChI=1S/C15H16BrNO2S/c1-2-19-14-8-7-12(17)9-11(14)10-20(18)15-6-4-3-5-13(15)16/h3-9H,2,10,17H2,1H3. The molecule has 20 heavy (non-hydrogen) atoms. The van der Waals surface area contributed by atoms with Crippen LogP contribution in [-0.2, 0) is 16.6 Å². The number of hydrogen-bond acceptors (Lipinski definition) is 3. The van der Waals surface area contributed by atoms with Crippen molar-refractivity contribution < 1.29 is 8.95 Å². The van der Waals surface area contributed by atoms with Crippen molar-refractivity contribution in [2.45, 2.75) is 17.6 Å². The Morgan fingerprint density at radius 3 is 2.70 bits per heavy atom. The van der Waals surface area contributed by atoms with E-state index in [0.717, 1.165) is 20.7 Å². The van der Waals surface area contributed by atoms with E-state index in [9.17, 15) is 4.21 Å². The SMILES string of the molecule is CCOc1ccc(N)cc1CS(=O)c1ccccc1Br. The van der Waals surface area contributed by atoms with Crippen LogP contribution in [0.1, 0.15) is 12.5 Å². The minimum absolute atomic E-state index is 0.378. The minimum Gasteiger partial charge on any atom is -0.494 e. The smallest absolute Gasteiger partial charge is 0.123 e. The number of benzene rings is 2. The van der Waals surface area contributed by atoms with Crippen molar-refractivity contribution >= 4 is 32.4 Å². The Bertz CT molecular complexity index is 631. The Kier molecular flexibility index (Phi) is 5.20. The summed E-state index contributed by atoms with van der Waals surface area (Å²) in [6.45, 7) is 2.49. The molecule has 2 N–H and O–H groups in total. The Labute approximate surface area is 129 Å². The molecule has 0 heterocycles. The quantitative estimate of drug-likeness (QED) is 0.833. The maximum absolute atomic E-state index is 12.5. The number of nitrogens with two attached hydrogens (primary N) is 1. The van der Waals surface area contributed by atoms with Crippen LogP contribution in [-0.4, -0.2) is 10.8 Å². The van der Waals surface area contributed by atoms with Crippen molar-refractivity contribution in [2.75, 3.05) is 12.3 Å². The highest BCUT2D eigenvalue weighted by Crippen LogP contribution is 2.27. The lowest BCUT2D eigenvalue weighted by Crippen LogP contribution is -2.02. The zero-order valence-corrected chi connectivity index (χ0v) is 13.5. The normalized spacial score (nSPS) is 12.1. The summed E-state index contributed by atoms with van der Waals surface area (Å²) in [4.78, 5) is 0.775. The van der Waals surface area contributed by atoms with Gasteiger partial charge in [-0.3, -0.25) is 4.21 Å². The summed E-state index contributed by atoms with van der Waals surface area (Å²) >= 11 is 3.42. The first-order valence-electron chi connectivity index (χ1n) is 6.26. The van der Waals surface area contributed by atoms with E-state index >= 15 is 0 Å². The molecule has 0 aliphatic rings. The van der Waals surface area contributed by atoms with Crippen LogP contribution in [0.3, 0.4) is 0 Å². The van der Waals surface area contributed by atoms with E-state index in [1.54, 1.807) is 6.07 Å². The van der Waals surface area contributed by atoms with Crippen molar-refractivity contribution in [3.8, 4) is 5.75 Å². The summed E-state index contributed by atoms with van der Waals surface area (Å²) in [7, 11) is -1.15. The van der Waals surface area contributed by atoms with Gasteiger partial charge in [0, 0.05) is 15.7 Å². The fraction of sp³-hybridized carbons (Fsp3) is 0.200. The molecule has 0 fully saturated rings. The van der Waals surface area contributed by atoms with Gasteiger partial charge >= 0.3 is 0 Å². The third-order valence-corrected chi connectivity index (χ3v) is 5.13. The van der Waals surface area contributed by atoms with E-state index < -0.39 is 10.8 Å². The first-order chi connectivity index (χ1) is 9.61. The Balaban J connectivity index is 2.27. The van der Waals surface area contributed by atoms with Crippen LogP contribution in [0.15, 0.2) is 51.8 Å². The molecule has 0 saturated carbocycles. The van der Waals surface area contributed by atoms with Crippen molar-refractivity contribution in [1.29, 1.82) is 0 Å². The Hall–Kier alpha value is -1.33. The summed E-state index contributed by atoms with van der Waals surface area (Å²) in [5, 5.41) is 0. The predicted octanol–water partition coefficient (Wildman–Crippen LogP) is 3.74. The van der Waals surface area contributed by atoms with Crippen LogP contribution in [0, 0.1) is 0 Å². The van der Waals surface area contributed by atoms with Gasteiger partial charge in [0.1, 0.15) is 5.75 Å². The highest BCUT2D eigenvalue weighted by atomic mass is 79.9. The third-order valence-electron chi connectivity index (χ3n) is 2.75. The monoisotopic (exact) mass is 353 g/mol. The van der Waals surface area contributed by atoms with E-state index in [1.165, 1.54) is 0 Å². The van der Waals surface area contributed by atoms with Gasteiger partial charge < -0.3 is 10.5 Å². The van der Waals surface area contributed by atoms with Crippen LogP contribution in [0.25, 0.3) is 0 Å². The molecule has 5 heteroatoms. The van der Waals surface area contributed by atoms with Gasteiger partial charge in [0.2, 0.25) is 0 Å². The average Bonchev–Trinajstić information content (AvgIpc) is 2.42. The molecule has 106 valence electrons. The molecule has 0 aromatic heterocycles. The van der Waals surface area contributed by atoms with Gasteiger partial charge in [0.15, 0.2) is 0 Å². The number of nitrogen functional groups attached to an aromatic ring is 1. The molecule has 0 radical (unpaired) electrons. The van der Waals surface area contributed by atoms with E-state index in [-0.39, 0.29) is 0 Å². The van der Waals surface area contributed by atoms with Crippen molar-refractivity contribution in [3.63, 3.8) is 0 Å². The fourth-order valence-electron chi connectivity index (χ4n) is 1.86. The van der Waals surface area contributed by atoms with Crippen LogP contribution < -0.4 is 10.5 Å². The lowest BCUT2D eigenvalue weighted by Gasteiger charge is -2.11. The van der Waals surface area contributed by atoms with Crippen LogP contribution in [0.5, 0.6) is 5.75 Å². The van der Waals surface area contributed by atoms with E-state index in [0.29, 0.717) is 18.0 Å². The molecule has 0 spiro atoms. The van der Waals surface area contributed by atoms with Gasteiger partial charge in [-0.25, -0.2) is 0 Å². The van der Waals surface area contributed by atoms with Gasteiger partial charge in [-0.1, -0.05) is 12.1 Å². The van der Waals surface area contributed by atoms with Crippen LogP contribution in [0.4, 0.5) is 5.69 Å². The second kappa shape index (κ2) is 6.90. The van der Waals surface area contributed by atoms with Gasteiger partial charge in [0.05, 0.1) is 28.1 Å². The van der Waals surface area contributed by atoms with E-state index in [4.69, 9.17) is 10.5 Å².